The molecule has 1 amide bonds. The molecule has 1 aromatic heterocycles. The summed E-state index contributed by atoms with van der Waals surface area (Å²) >= 11 is 1.78. The first kappa shape index (κ1) is 20.1. The quantitative estimate of drug-likeness (QED) is 0.694. The minimum absolute atomic E-state index is 0.268. The Morgan fingerprint density at radius 3 is 2.60 bits per heavy atom. The Morgan fingerprint density at radius 2 is 1.90 bits per heavy atom. The lowest BCUT2D eigenvalue weighted by Crippen LogP contribution is -2.48. The van der Waals surface area contributed by atoms with E-state index in [4.69, 9.17) is 4.74 Å². The van der Waals surface area contributed by atoms with Gasteiger partial charge in [-0.1, -0.05) is 25.0 Å². The average Bonchev–Trinajstić information content (AvgIpc) is 3.54. The Labute approximate surface area is 183 Å². The summed E-state index contributed by atoms with van der Waals surface area (Å²) in [4.78, 5) is 18.3. The largest absolute Gasteiger partial charge is 0.497 e. The third-order valence-corrected chi connectivity index (χ3v) is 8.26. The predicted molar refractivity (Wildman–Crippen MR) is 121 cm³/mol. The zero-order valence-electron chi connectivity index (χ0n) is 17.8. The summed E-state index contributed by atoms with van der Waals surface area (Å²) in [5.41, 5.74) is 2.77. The fourth-order valence-electron chi connectivity index (χ4n) is 5.95. The van der Waals surface area contributed by atoms with Crippen molar-refractivity contribution >= 4 is 17.2 Å². The highest BCUT2D eigenvalue weighted by Crippen LogP contribution is 2.43. The van der Waals surface area contributed by atoms with E-state index in [2.05, 4.69) is 50.9 Å². The number of methoxy groups -OCH3 is 1. The summed E-state index contributed by atoms with van der Waals surface area (Å²) in [6, 6.07) is 11.2. The van der Waals surface area contributed by atoms with E-state index in [0.717, 1.165) is 51.2 Å². The van der Waals surface area contributed by atoms with Crippen LogP contribution in [0.3, 0.4) is 0 Å². The maximum absolute atomic E-state index is 13.4. The molecule has 5 rings (SSSR count). The Balaban J connectivity index is 1.38. The van der Waals surface area contributed by atoms with E-state index >= 15 is 0 Å². The van der Waals surface area contributed by atoms with Crippen molar-refractivity contribution in [1.82, 2.24) is 9.80 Å². The maximum Gasteiger partial charge on any atom is 0.225 e. The third kappa shape index (κ3) is 3.90. The minimum Gasteiger partial charge on any atom is -0.497 e. The van der Waals surface area contributed by atoms with Gasteiger partial charge in [0.25, 0.3) is 0 Å². The Hall–Kier alpha value is -1.85. The summed E-state index contributed by atoms with van der Waals surface area (Å²) < 4.78 is 5.37. The molecule has 1 aliphatic carbocycles. The summed E-state index contributed by atoms with van der Waals surface area (Å²) in [6.45, 7) is 4.06. The van der Waals surface area contributed by atoms with Crippen LogP contribution in [0.25, 0.3) is 0 Å². The van der Waals surface area contributed by atoms with Crippen molar-refractivity contribution in [3.8, 4) is 5.75 Å². The lowest BCUT2D eigenvalue weighted by atomic mass is 9.81. The van der Waals surface area contributed by atoms with Crippen molar-refractivity contribution in [2.24, 2.45) is 11.8 Å². The van der Waals surface area contributed by atoms with Gasteiger partial charge in [0.2, 0.25) is 5.91 Å². The second-order valence-electron chi connectivity index (χ2n) is 9.24. The van der Waals surface area contributed by atoms with Crippen LogP contribution in [0.4, 0.5) is 0 Å². The first-order chi connectivity index (χ1) is 14.7. The summed E-state index contributed by atoms with van der Waals surface area (Å²) in [6.07, 6.45) is 5.71. The molecule has 1 aromatic carbocycles. The molecule has 0 N–H and O–H groups in total. The number of amides is 1. The maximum atomic E-state index is 13.4. The highest BCUT2D eigenvalue weighted by atomic mass is 32.1. The van der Waals surface area contributed by atoms with Crippen LogP contribution in [0.1, 0.15) is 49.1 Å². The first-order valence-electron chi connectivity index (χ1n) is 11.4. The zero-order chi connectivity index (χ0) is 20.5. The van der Waals surface area contributed by atoms with Gasteiger partial charge in [0, 0.05) is 50.0 Å². The third-order valence-electron chi connectivity index (χ3n) is 7.53. The second kappa shape index (κ2) is 8.72. The van der Waals surface area contributed by atoms with E-state index in [0.29, 0.717) is 23.8 Å². The van der Waals surface area contributed by atoms with Gasteiger partial charge in [-0.2, -0.15) is 11.3 Å². The number of carbonyl (C=O) groups is 1. The van der Waals surface area contributed by atoms with Gasteiger partial charge < -0.3 is 9.64 Å². The monoisotopic (exact) mass is 424 g/mol. The van der Waals surface area contributed by atoms with Gasteiger partial charge in [0.1, 0.15) is 5.75 Å². The number of piperidine rings is 1. The van der Waals surface area contributed by atoms with E-state index < -0.39 is 0 Å². The Bertz CT molecular complexity index is 845. The van der Waals surface area contributed by atoms with Crippen molar-refractivity contribution in [2.45, 2.75) is 50.6 Å². The number of ether oxygens (including phenoxy) is 1. The molecule has 3 fully saturated rings. The highest BCUT2D eigenvalue weighted by molar-refractivity contribution is 7.07. The van der Waals surface area contributed by atoms with Crippen LogP contribution < -0.4 is 4.74 Å². The molecule has 0 unspecified atom stereocenters. The SMILES string of the molecule is COc1ccc([C@H]2CN(C(=O)C3CCCC3)[C@@H]3CCN(Cc4ccsc4)C[C@H]23)cc1. The predicted octanol–water partition coefficient (Wildman–Crippen LogP) is 4.76. The standard InChI is InChI=1S/C25H32N2O2S/c1-29-21-8-6-19(7-9-21)22-16-27(25(28)20-4-2-3-5-20)24-10-12-26(15-23(22)24)14-18-11-13-30-17-18/h6-9,11,13,17,20,22-24H,2-5,10,12,14-16H2,1H3/t22-,23-,24-/m1/s1. The molecule has 1 saturated carbocycles. The van der Waals surface area contributed by atoms with Gasteiger partial charge in [0.05, 0.1) is 7.11 Å². The van der Waals surface area contributed by atoms with Crippen LogP contribution in [0.5, 0.6) is 5.75 Å². The van der Waals surface area contributed by atoms with Crippen molar-refractivity contribution in [2.75, 3.05) is 26.7 Å². The number of fused-ring (bicyclic) bond motifs is 1. The molecular weight excluding hydrogens is 392 g/mol. The first-order valence-corrected chi connectivity index (χ1v) is 12.3. The van der Waals surface area contributed by atoms with Gasteiger partial charge in [0.15, 0.2) is 0 Å². The topological polar surface area (TPSA) is 32.8 Å². The molecule has 0 bridgehead atoms. The van der Waals surface area contributed by atoms with Gasteiger partial charge >= 0.3 is 0 Å². The lowest BCUT2D eigenvalue weighted by molar-refractivity contribution is -0.137. The molecule has 2 aromatic rings. The van der Waals surface area contributed by atoms with Crippen LogP contribution >= 0.6 is 11.3 Å². The Kier molecular flexibility index (Phi) is 5.83. The number of nitrogens with zero attached hydrogens (tertiary/aromatic N) is 2. The molecule has 3 heterocycles. The Morgan fingerprint density at radius 1 is 1.10 bits per heavy atom. The van der Waals surface area contributed by atoms with Crippen molar-refractivity contribution in [3.63, 3.8) is 0 Å². The minimum atomic E-state index is 0.268. The number of thiophene rings is 1. The number of likely N-dealkylation sites (tertiary alicyclic amines) is 2. The van der Waals surface area contributed by atoms with Crippen molar-refractivity contribution < 1.29 is 9.53 Å². The smallest absolute Gasteiger partial charge is 0.225 e. The molecule has 30 heavy (non-hydrogen) atoms. The number of rotatable bonds is 5. The van der Waals surface area contributed by atoms with Gasteiger partial charge in [-0.15, -0.1) is 0 Å². The normalized spacial score (nSPS) is 27.4. The summed E-state index contributed by atoms with van der Waals surface area (Å²) in [7, 11) is 1.71. The van der Waals surface area contributed by atoms with E-state index in [1.807, 2.05) is 0 Å². The number of hydrogen-bond donors (Lipinski definition) is 0. The molecule has 160 valence electrons. The van der Waals surface area contributed by atoms with Gasteiger partial charge in [-0.3, -0.25) is 9.69 Å². The van der Waals surface area contributed by atoms with Crippen LogP contribution in [0.2, 0.25) is 0 Å². The molecule has 3 aliphatic rings. The fraction of sp³-hybridized carbons (Fsp3) is 0.560. The molecule has 0 spiro atoms. The van der Waals surface area contributed by atoms with Crippen molar-refractivity contribution in [3.05, 3.63) is 52.2 Å². The molecule has 4 nitrogen and oxygen atoms in total. The zero-order valence-corrected chi connectivity index (χ0v) is 18.7. The van der Waals surface area contributed by atoms with Crippen LogP contribution in [-0.2, 0) is 11.3 Å². The average molecular weight is 425 g/mol. The van der Waals surface area contributed by atoms with Crippen LogP contribution in [-0.4, -0.2) is 48.5 Å². The van der Waals surface area contributed by atoms with E-state index in [1.54, 1.807) is 18.4 Å². The summed E-state index contributed by atoms with van der Waals surface area (Å²) in [5, 5.41) is 4.43. The lowest BCUT2D eigenvalue weighted by Gasteiger charge is -2.39. The van der Waals surface area contributed by atoms with Crippen LogP contribution in [0, 0.1) is 11.8 Å². The molecule has 5 heteroatoms. The van der Waals surface area contributed by atoms with E-state index in [9.17, 15) is 4.79 Å². The van der Waals surface area contributed by atoms with Gasteiger partial charge in [-0.25, -0.2) is 0 Å². The fourth-order valence-corrected chi connectivity index (χ4v) is 6.61. The molecular formula is C25H32N2O2S. The molecule has 2 saturated heterocycles. The van der Waals surface area contributed by atoms with Crippen LogP contribution in [0.15, 0.2) is 41.1 Å². The highest BCUT2D eigenvalue weighted by Gasteiger charge is 2.48. The van der Waals surface area contributed by atoms with E-state index in [1.165, 1.54) is 24.0 Å². The van der Waals surface area contributed by atoms with Crippen molar-refractivity contribution in [1.29, 1.82) is 0 Å². The summed E-state index contributed by atoms with van der Waals surface area (Å²) in [5.74, 6) is 2.52. The number of hydrogen-bond acceptors (Lipinski definition) is 4. The number of benzene rings is 1. The number of carbonyl (C=O) groups excluding carboxylic acids is 1. The second-order valence-corrected chi connectivity index (χ2v) is 10.0. The van der Waals surface area contributed by atoms with Gasteiger partial charge in [-0.05, 0) is 59.3 Å². The molecule has 0 radical (unpaired) electrons. The molecule has 3 atom stereocenters. The molecule has 2 aliphatic heterocycles. The van der Waals surface area contributed by atoms with E-state index in [-0.39, 0.29) is 5.92 Å².